The third-order valence-corrected chi connectivity index (χ3v) is 4.39. The van der Waals surface area contributed by atoms with Gasteiger partial charge in [0.15, 0.2) is 5.96 Å². The Balaban J connectivity index is 2.06. The van der Waals surface area contributed by atoms with Crippen molar-refractivity contribution in [2.75, 3.05) is 19.6 Å². The summed E-state index contributed by atoms with van der Waals surface area (Å²) in [7, 11) is 0. The van der Waals surface area contributed by atoms with Gasteiger partial charge in [0.2, 0.25) is 0 Å². The summed E-state index contributed by atoms with van der Waals surface area (Å²) >= 11 is 0. The van der Waals surface area contributed by atoms with Gasteiger partial charge in [0, 0.05) is 25.8 Å². The van der Waals surface area contributed by atoms with Gasteiger partial charge in [0.1, 0.15) is 0 Å². The van der Waals surface area contributed by atoms with E-state index in [9.17, 15) is 0 Å². The van der Waals surface area contributed by atoms with Crippen LogP contribution in [-0.2, 0) is 6.54 Å². The van der Waals surface area contributed by atoms with Gasteiger partial charge in [0.25, 0.3) is 0 Å². The number of piperidine rings is 1. The van der Waals surface area contributed by atoms with Crippen molar-refractivity contribution in [3.63, 3.8) is 0 Å². The molecular formula is C18H30N4. The summed E-state index contributed by atoms with van der Waals surface area (Å²) in [6, 6.07) is 5.99. The Labute approximate surface area is 135 Å². The van der Waals surface area contributed by atoms with Gasteiger partial charge in [-0.25, -0.2) is 4.99 Å². The summed E-state index contributed by atoms with van der Waals surface area (Å²) in [6.07, 6.45) is 6.97. The summed E-state index contributed by atoms with van der Waals surface area (Å²) in [4.78, 5) is 11.6. The smallest absolute Gasteiger partial charge is 0.194 e. The first-order chi connectivity index (χ1) is 10.7. The molecule has 0 spiro atoms. The van der Waals surface area contributed by atoms with Crippen molar-refractivity contribution in [1.29, 1.82) is 0 Å². The van der Waals surface area contributed by atoms with E-state index in [2.05, 4.69) is 36.0 Å². The highest BCUT2D eigenvalue weighted by Crippen LogP contribution is 2.33. The number of pyridine rings is 1. The second-order valence-corrected chi connectivity index (χ2v) is 6.58. The zero-order chi connectivity index (χ0) is 15.8. The van der Waals surface area contributed by atoms with E-state index in [0.29, 0.717) is 12.0 Å². The van der Waals surface area contributed by atoms with Crippen LogP contribution in [0.2, 0.25) is 0 Å². The van der Waals surface area contributed by atoms with E-state index in [4.69, 9.17) is 4.99 Å². The normalized spacial score (nSPS) is 22.7. The Morgan fingerprint density at radius 1 is 1.41 bits per heavy atom. The molecule has 0 aliphatic carbocycles. The molecule has 2 heterocycles. The largest absolute Gasteiger partial charge is 0.357 e. The second kappa shape index (κ2) is 8.16. The standard InChI is InChI=1S/C18H30N4/c1-4-10-18(3)11-8-13-22(15-18)17(19-5-2)21-14-16-9-6-7-12-20-16/h6-7,9,12H,4-5,8,10-11,13-15H2,1-3H3,(H,19,21). The molecule has 4 heteroatoms. The van der Waals surface area contributed by atoms with Gasteiger partial charge in [0.05, 0.1) is 12.2 Å². The summed E-state index contributed by atoms with van der Waals surface area (Å²) in [5, 5.41) is 3.45. The van der Waals surface area contributed by atoms with Crippen molar-refractivity contribution in [3.8, 4) is 0 Å². The second-order valence-electron chi connectivity index (χ2n) is 6.58. The Morgan fingerprint density at radius 2 is 2.27 bits per heavy atom. The fourth-order valence-electron chi connectivity index (χ4n) is 3.38. The first-order valence-corrected chi connectivity index (χ1v) is 8.60. The number of likely N-dealkylation sites (tertiary alicyclic amines) is 1. The molecule has 0 bridgehead atoms. The molecule has 0 amide bonds. The quantitative estimate of drug-likeness (QED) is 0.669. The van der Waals surface area contributed by atoms with E-state index in [1.54, 1.807) is 0 Å². The van der Waals surface area contributed by atoms with Crippen molar-refractivity contribution >= 4 is 5.96 Å². The van der Waals surface area contributed by atoms with Crippen LogP contribution in [0.5, 0.6) is 0 Å². The number of hydrogen-bond donors (Lipinski definition) is 1. The summed E-state index contributed by atoms with van der Waals surface area (Å²) < 4.78 is 0. The van der Waals surface area contributed by atoms with E-state index in [-0.39, 0.29) is 0 Å². The fraction of sp³-hybridized carbons (Fsp3) is 0.667. The highest BCUT2D eigenvalue weighted by Gasteiger charge is 2.31. The molecule has 1 aromatic rings. The molecule has 22 heavy (non-hydrogen) atoms. The molecule has 122 valence electrons. The van der Waals surface area contributed by atoms with Crippen LogP contribution in [-0.4, -0.2) is 35.5 Å². The Kier molecular flexibility index (Phi) is 6.22. The van der Waals surface area contributed by atoms with Crippen LogP contribution in [0.3, 0.4) is 0 Å². The average Bonchev–Trinajstić information content (AvgIpc) is 2.52. The number of hydrogen-bond acceptors (Lipinski definition) is 2. The van der Waals surface area contributed by atoms with Crippen molar-refractivity contribution in [2.45, 2.75) is 53.0 Å². The van der Waals surface area contributed by atoms with Crippen LogP contribution < -0.4 is 5.32 Å². The van der Waals surface area contributed by atoms with E-state index >= 15 is 0 Å². The highest BCUT2D eigenvalue weighted by molar-refractivity contribution is 5.80. The minimum Gasteiger partial charge on any atom is -0.357 e. The van der Waals surface area contributed by atoms with Gasteiger partial charge in [-0.1, -0.05) is 26.3 Å². The number of aliphatic imine (C=N–C) groups is 1. The maximum absolute atomic E-state index is 4.80. The topological polar surface area (TPSA) is 40.5 Å². The molecule has 0 aromatic carbocycles. The van der Waals surface area contributed by atoms with Crippen LogP contribution in [0.4, 0.5) is 0 Å². The fourth-order valence-corrected chi connectivity index (χ4v) is 3.38. The monoisotopic (exact) mass is 302 g/mol. The first-order valence-electron chi connectivity index (χ1n) is 8.60. The Hall–Kier alpha value is -1.58. The molecule has 1 saturated heterocycles. The van der Waals surface area contributed by atoms with E-state index in [1.807, 2.05) is 24.4 Å². The lowest BCUT2D eigenvalue weighted by Gasteiger charge is -2.42. The third kappa shape index (κ3) is 4.72. The molecule has 0 radical (unpaired) electrons. The lowest BCUT2D eigenvalue weighted by Crippen LogP contribution is -2.49. The third-order valence-electron chi connectivity index (χ3n) is 4.39. The van der Waals surface area contributed by atoms with Crippen LogP contribution in [0.15, 0.2) is 29.4 Å². The molecule has 1 aromatic heterocycles. The van der Waals surface area contributed by atoms with E-state index in [1.165, 1.54) is 25.7 Å². The number of rotatable bonds is 5. The molecule has 0 saturated carbocycles. The van der Waals surface area contributed by atoms with Gasteiger partial charge in [-0.15, -0.1) is 0 Å². The first kappa shape index (κ1) is 16.8. The molecular weight excluding hydrogens is 272 g/mol. The highest BCUT2D eigenvalue weighted by atomic mass is 15.3. The SMILES string of the molecule is CCCC1(C)CCCN(C(=NCc2ccccn2)NCC)C1. The molecule has 1 fully saturated rings. The zero-order valence-corrected chi connectivity index (χ0v) is 14.3. The van der Waals surface area contributed by atoms with Gasteiger partial charge in [-0.05, 0) is 43.7 Å². The number of guanidine groups is 1. The zero-order valence-electron chi connectivity index (χ0n) is 14.3. The van der Waals surface area contributed by atoms with E-state index in [0.717, 1.165) is 31.3 Å². The maximum Gasteiger partial charge on any atom is 0.194 e. The Bertz CT molecular complexity index is 467. The number of nitrogens with zero attached hydrogens (tertiary/aromatic N) is 3. The number of aromatic nitrogens is 1. The van der Waals surface area contributed by atoms with E-state index < -0.39 is 0 Å². The summed E-state index contributed by atoms with van der Waals surface area (Å²) in [5.74, 6) is 1.04. The van der Waals surface area contributed by atoms with Crippen LogP contribution in [0.1, 0.15) is 52.1 Å². The Morgan fingerprint density at radius 3 is 2.95 bits per heavy atom. The van der Waals surface area contributed by atoms with Gasteiger partial charge in [-0.2, -0.15) is 0 Å². The van der Waals surface area contributed by atoms with Crippen LogP contribution in [0, 0.1) is 5.41 Å². The minimum absolute atomic E-state index is 0.425. The van der Waals surface area contributed by atoms with Crippen molar-refractivity contribution in [1.82, 2.24) is 15.2 Å². The van der Waals surface area contributed by atoms with Gasteiger partial charge < -0.3 is 10.2 Å². The molecule has 1 N–H and O–H groups in total. The number of nitrogens with one attached hydrogen (secondary N) is 1. The summed E-state index contributed by atoms with van der Waals surface area (Å²) in [5.41, 5.74) is 1.44. The lowest BCUT2D eigenvalue weighted by molar-refractivity contribution is 0.142. The van der Waals surface area contributed by atoms with Crippen molar-refractivity contribution < 1.29 is 0 Å². The van der Waals surface area contributed by atoms with Crippen LogP contribution in [0.25, 0.3) is 0 Å². The predicted molar refractivity (Wildman–Crippen MR) is 92.9 cm³/mol. The minimum atomic E-state index is 0.425. The average molecular weight is 302 g/mol. The molecule has 2 rings (SSSR count). The molecule has 4 nitrogen and oxygen atoms in total. The van der Waals surface area contributed by atoms with Gasteiger partial charge in [-0.3, -0.25) is 4.98 Å². The van der Waals surface area contributed by atoms with Crippen LogP contribution >= 0.6 is 0 Å². The summed E-state index contributed by atoms with van der Waals surface area (Å²) in [6.45, 7) is 10.6. The lowest BCUT2D eigenvalue weighted by atomic mass is 9.78. The maximum atomic E-state index is 4.80. The predicted octanol–water partition coefficient (Wildman–Crippen LogP) is 3.45. The molecule has 1 aliphatic heterocycles. The molecule has 1 unspecified atom stereocenters. The molecule has 1 aliphatic rings. The van der Waals surface area contributed by atoms with Crippen molar-refractivity contribution in [3.05, 3.63) is 30.1 Å². The van der Waals surface area contributed by atoms with Gasteiger partial charge >= 0.3 is 0 Å². The molecule has 1 atom stereocenters. The van der Waals surface area contributed by atoms with Crippen molar-refractivity contribution in [2.24, 2.45) is 10.4 Å².